The number of hydrogen-bond acceptors (Lipinski definition) is 3. The summed E-state index contributed by atoms with van der Waals surface area (Å²) in [4.78, 5) is 26.5. The number of carboxylic acid groups (broad SMARTS) is 1. The molecule has 1 aromatic carbocycles. The number of likely N-dealkylation sites (tertiary alicyclic amines) is 2. The Balaban J connectivity index is 0.000000479. The van der Waals surface area contributed by atoms with E-state index in [1.807, 2.05) is 23.1 Å². The fourth-order valence-corrected chi connectivity index (χ4v) is 4.89. The lowest BCUT2D eigenvalue weighted by Crippen LogP contribution is -2.49. The van der Waals surface area contributed by atoms with Gasteiger partial charge in [0.15, 0.2) is 0 Å². The molecule has 1 amide bonds. The Morgan fingerprint density at radius 2 is 1.64 bits per heavy atom. The number of piperidine rings is 2. The molecule has 2 aliphatic rings. The number of benzene rings is 1. The molecule has 2 aliphatic heterocycles. The Labute approximate surface area is 198 Å². The highest BCUT2D eigenvalue weighted by atomic mass is 35.5. The Morgan fingerprint density at radius 1 is 1.06 bits per heavy atom. The van der Waals surface area contributed by atoms with Gasteiger partial charge in [0, 0.05) is 36.3 Å². The van der Waals surface area contributed by atoms with Crippen LogP contribution in [0.4, 0.5) is 13.2 Å². The normalized spacial score (nSPS) is 20.7. The van der Waals surface area contributed by atoms with Gasteiger partial charge in [-0.25, -0.2) is 4.79 Å². The summed E-state index contributed by atoms with van der Waals surface area (Å²) in [7, 11) is 0. The van der Waals surface area contributed by atoms with E-state index in [0.29, 0.717) is 16.6 Å². The summed E-state index contributed by atoms with van der Waals surface area (Å²) in [5.74, 6) is -1.82. The highest BCUT2D eigenvalue weighted by Gasteiger charge is 2.38. The molecule has 0 aromatic heterocycles. The number of amides is 1. The van der Waals surface area contributed by atoms with Crippen LogP contribution in [-0.2, 0) is 10.2 Å². The van der Waals surface area contributed by atoms with Crippen molar-refractivity contribution in [3.8, 4) is 0 Å². The van der Waals surface area contributed by atoms with Gasteiger partial charge < -0.3 is 10.0 Å². The molecule has 9 heteroatoms. The van der Waals surface area contributed by atoms with Gasteiger partial charge in [-0.3, -0.25) is 9.69 Å². The fourth-order valence-electron chi connectivity index (χ4n) is 4.43. The van der Waals surface area contributed by atoms with E-state index in [1.165, 1.54) is 25.9 Å². The molecule has 2 fully saturated rings. The first-order chi connectivity index (χ1) is 15.2. The van der Waals surface area contributed by atoms with E-state index in [0.717, 1.165) is 37.4 Å². The molecule has 1 N–H and O–H groups in total. The number of alkyl halides is 3. The first-order valence-corrected chi connectivity index (χ1v) is 11.7. The third-order valence-electron chi connectivity index (χ3n) is 6.22. The zero-order valence-corrected chi connectivity index (χ0v) is 20.5. The van der Waals surface area contributed by atoms with Crippen LogP contribution in [0.2, 0.25) is 5.02 Å². The van der Waals surface area contributed by atoms with Gasteiger partial charge in [-0.2, -0.15) is 13.2 Å². The summed E-state index contributed by atoms with van der Waals surface area (Å²) in [6, 6.07) is 6.45. The molecule has 1 atom stereocenters. The van der Waals surface area contributed by atoms with Gasteiger partial charge in [-0.05, 0) is 61.3 Å². The number of carbonyl (C=O) groups excluding carboxylic acids is 1. The van der Waals surface area contributed by atoms with Crippen molar-refractivity contribution < 1.29 is 27.9 Å². The molecular weight excluding hydrogens is 457 g/mol. The SMILES string of the molecule is CC1CCCN(C2CCN(C(=O)c3ccc(C(C)(C)C)c(Cl)c3)CC2)C1.O=C(O)C(F)(F)F. The Kier molecular flexibility index (Phi) is 9.22. The number of carbonyl (C=O) groups is 2. The number of halogens is 4. The number of carboxylic acids is 1. The molecule has 0 bridgehead atoms. The topological polar surface area (TPSA) is 60.9 Å². The molecule has 0 aliphatic carbocycles. The van der Waals surface area contributed by atoms with Crippen molar-refractivity contribution in [3.63, 3.8) is 0 Å². The van der Waals surface area contributed by atoms with Crippen LogP contribution in [0.25, 0.3) is 0 Å². The van der Waals surface area contributed by atoms with Crippen LogP contribution in [0.5, 0.6) is 0 Å². The summed E-state index contributed by atoms with van der Waals surface area (Å²) in [6.45, 7) is 12.9. The van der Waals surface area contributed by atoms with E-state index in [-0.39, 0.29) is 11.3 Å². The van der Waals surface area contributed by atoms with Gasteiger partial charge in [-0.15, -0.1) is 0 Å². The van der Waals surface area contributed by atoms with Crippen LogP contribution in [-0.4, -0.2) is 65.2 Å². The van der Waals surface area contributed by atoms with Crippen molar-refractivity contribution in [3.05, 3.63) is 34.3 Å². The molecule has 5 nitrogen and oxygen atoms in total. The Bertz CT molecular complexity index is 831. The van der Waals surface area contributed by atoms with Gasteiger partial charge in [0.1, 0.15) is 0 Å². The second-order valence-corrected chi connectivity index (χ2v) is 10.4. The zero-order chi connectivity index (χ0) is 25.0. The van der Waals surface area contributed by atoms with Crippen LogP contribution < -0.4 is 0 Å². The van der Waals surface area contributed by atoms with Crippen molar-refractivity contribution >= 4 is 23.5 Å². The lowest BCUT2D eigenvalue weighted by molar-refractivity contribution is -0.192. The number of aliphatic carboxylic acids is 1. The second kappa shape index (κ2) is 11.1. The lowest BCUT2D eigenvalue weighted by Gasteiger charge is -2.41. The minimum Gasteiger partial charge on any atom is -0.475 e. The van der Waals surface area contributed by atoms with Gasteiger partial charge in [0.05, 0.1) is 0 Å². The van der Waals surface area contributed by atoms with Crippen molar-refractivity contribution in [1.29, 1.82) is 0 Å². The highest BCUT2D eigenvalue weighted by molar-refractivity contribution is 6.31. The van der Waals surface area contributed by atoms with Gasteiger partial charge in [0.2, 0.25) is 0 Å². The minimum atomic E-state index is -5.08. The molecule has 33 heavy (non-hydrogen) atoms. The van der Waals surface area contributed by atoms with Crippen LogP contribution in [0, 0.1) is 5.92 Å². The van der Waals surface area contributed by atoms with Crippen molar-refractivity contribution in [1.82, 2.24) is 9.80 Å². The largest absolute Gasteiger partial charge is 0.490 e. The summed E-state index contributed by atoms with van der Waals surface area (Å²) in [6.07, 6.45) is -0.226. The van der Waals surface area contributed by atoms with E-state index < -0.39 is 12.1 Å². The maximum atomic E-state index is 12.9. The third kappa shape index (κ3) is 7.88. The maximum absolute atomic E-state index is 12.9. The average molecular weight is 491 g/mol. The Hall–Kier alpha value is -1.80. The van der Waals surface area contributed by atoms with Gasteiger partial charge >= 0.3 is 12.1 Å². The van der Waals surface area contributed by atoms with E-state index in [9.17, 15) is 18.0 Å². The van der Waals surface area contributed by atoms with E-state index in [4.69, 9.17) is 21.5 Å². The Morgan fingerprint density at radius 3 is 2.09 bits per heavy atom. The van der Waals surface area contributed by atoms with E-state index in [1.54, 1.807) is 0 Å². The monoisotopic (exact) mass is 490 g/mol. The highest BCUT2D eigenvalue weighted by Crippen LogP contribution is 2.31. The first kappa shape index (κ1) is 27.4. The molecule has 3 rings (SSSR count). The van der Waals surface area contributed by atoms with Crippen LogP contribution in [0.1, 0.15) is 69.3 Å². The molecule has 0 spiro atoms. The lowest BCUT2D eigenvalue weighted by atomic mass is 9.86. The summed E-state index contributed by atoms with van der Waals surface area (Å²) < 4.78 is 31.7. The molecular formula is C24H34ClF3N2O3. The smallest absolute Gasteiger partial charge is 0.475 e. The summed E-state index contributed by atoms with van der Waals surface area (Å²) in [5.41, 5.74) is 1.80. The summed E-state index contributed by atoms with van der Waals surface area (Å²) in [5, 5.41) is 7.82. The molecule has 2 heterocycles. The van der Waals surface area contributed by atoms with E-state index >= 15 is 0 Å². The number of hydrogen-bond donors (Lipinski definition) is 1. The fraction of sp³-hybridized carbons (Fsp3) is 0.667. The number of rotatable bonds is 2. The van der Waals surface area contributed by atoms with Crippen LogP contribution in [0.15, 0.2) is 18.2 Å². The molecule has 0 radical (unpaired) electrons. The second-order valence-electron chi connectivity index (χ2n) is 10.0. The molecule has 1 unspecified atom stereocenters. The molecule has 1 aromatic rings. The number of nitrogens with zero attached hydrogens (tertiary/aromatic N) is 2. The average Bonchev–Trinajstić information content (AvgIpc) is 2.72. The summed E-state index contributed by atoms with van der Waals surface area (Å²) >= 11 is 6.46. The quantitative estimate of drug-likeness (QED) is 0.585. The first-order valence-electron chi connectivity index (χ1n) is 11.3. The molecule has 2 saturated heterocycles. The van der Waals surface area contributed by atoms with E-state index in [2.05, 4.69) is 32.6 Å². The predicted molar refractivity (Wildman–Crippen MR) is 123 cm³/mol. The minimum absolute atomic E-state index is 0.0113. The van der Waals surface area contributed by atoms with Crippen LogP contribution >= 0.6 is 11.6 Å². The van der Waals surface area contributed by atoms with Gasteiger partial charge in [0.25, 0.3) is 5.91 Å². The maximum Gasteiger partial charge on any atom is 0.490 e. The predicted octanol–water partition coefficient (Wildman–Crippen LogP) is 5.61. The van der Waals surface area contributed by atoms with Gasteiger partial charge in [-0.1, -0.05) is 45.4 Å². The van der Waals surface area contributed by atoms with Crippen molar-refractivity contribution in [2.45, 2.75) is 71.0 Å². The van der Waals surface area contributed by atoms with Crippen molar-refractivity contribution in [2.24, 2.45) is 5.92 Å². The third-order valence-corrected chi connectivity index (χ3v) is 6.54. The molecule has 0 saturated carbocycles. The standard InChI is InChI=1S/C22H33ClN2O.C2HF3O2/c1-16-6-5-11-25(15-16)18-9-12-24(13-10-18)21(26)17-7-8-19(20(23)14-17)22(2,3)4;3-2(4,5)1(6)7/h7-8,14,16,18H,5-6,9-13,15H2,1-4H3;(H,6,7). The zero-order valence-electron chi connectivity index (χ0n) is 19.7. The van der Waals surface area contributed by atoms with Crippen molar-refractivity contribution in [2.75, 3.05) is 26.2 Å². The molecule has 186 valence electrons. The van der Waals surface area contributed by atoms with Crippen LogP contribution in [0.3, 0.4) is 0 Å².